The molecule has 0 radical (unpaired) electrons. The van der Waals surface area contributed by atoms with Crippen molar-refractivity contribution in [2.24, 2.45) is 0 Å². The van der Waals surface area contributed by atoms with Gasteiger partial charge in [0.05, 0.1) is 11.6 Å². The summed E-state index contributed by atoms with van der Waals surface area (Å²) in [6.45, 7) is 2.12. The van der Waals surface area contributed by atoms with Gasteiger partial charge in [-0.05, 0) is 44.4 Å². The molecule has 1 heterocycles. The van der Waals surface area contributed by atoms with Gasteiger partial charge in [0.1, 0.15) is 0 Å². The van der Waals surface area contributed by atoms with Crippen LogP contribution in [-0.2, 0) is 4.74 Å². The minimum absolute atomic E-state index is 0.410. The maximum absolute atomic E-state index is 5.43. The van der Waals surface area contributed by atoms with Crippen LogP contribution in [0.5, 0.6) is 0 Å². The van der Waals surface area contributed by atoms with Gasteiger partial charge in [-0.15, -0.1) is 0 Å². The summed E-state index contributed by atoms with van der Waals surface area (Å²) < 4.78 is 5.43. The Hall–Kier alpha value is -1.61. The molecule has 2 atom stereocenters. The van der Waals surface area contributed by atoms with Gasteiger partial charge >= 0.3 is 0 Å². The number of rotatable bonds is 3. The summed E-state index contributed by atoms with van der Waals surface area (Å²) in [4.78, 5) is 4.42. The highest BCUT2D eigenvalue weighted by molar-refractivity contribution is 5.91. The standard InChI is InChI=1S/C16H20N2O/c1-11-3-6-15-14(9-11)16(7-8-17-15)18-12-4-5-13(10-12)19-2/h3,6-9,12-13H,4-5,10H2,1-2H3,(H,17,18). The first-order valence-electron chi connectivity index (χ1n) is 6.91. The maximum Gasteiger partial charge on any atom is 0.0722 e. The molecule has 0 saturated heterocycles. The highest BCUT2D eigenvalue weighted by Gasteiger charge is 2.24. The SMILES string of the molecule is COC1CCC(Nc2ccnc3ccc(C)cc23)C1. The van der Waals surface area contributed by atoms with E-state index in [1.807, 2.05) is 6.20 Å². The fourth-order valence-electron chi connectivity index (χ4n) is 2.89. The van der Waals surface area contributed by atoms with Crippen molar-refractivity contribution in [3.05, 3.63) is 36.0 Å². The van der Waals surface area contributed by atoms with Crippen LogP contribution in [0.4, 0.5) is 5.69 Å². The molecule has 1 fully saturated rings. The Morgan fingerprint density at radius 1 is 1.26 bits per heavy atom. The fraction of sp³-hybridized carbons (Fsp3) is 0.438. The molecule has 0 amide bonds. The third-order valence-electron chi connectivity index (χ3n) is 3.97. The van der Waals surface area contributed by atoms with Gasteiger partial charge in [0.2, 0.25) is 0 Å². The van der Waals surface area contributed by atoms with Gasteiger partial charge in [-0.3, -0.25) is 4.98 Å². The Balaban J connectivity index is 1.86. The largest absolute Gasteiger partial charge is 0.382 e. The topological polar surface area (TPSA) is 34.1 Å². The number of hydrogen-bond donors (Lipinski definition) is 1. The molecular weight excluding hydrogens is 236 g/mol. The summed E-state index contributed by atoms with van der Waals surface area (Å²) in [5.74, 6) is 0. The lowest BCUT2D eigenvalue weighted by Gasteiger charge is -2.16. The Labute approximate surface area is 114 Å². The summed E-state index contributed by atoms with van der Waals surface area (Å²) in [6, 6.07) is 8.98. The zero-order chi connectivity index (χ0) is 13.2. The summed E-state index contributed by atoms with van der Waals surface area (Å²) in [6.07, 6.45) is 5.70. The van der Waals surface area contributed by atoms with E-state index in [0.717, 1.165) is 18.4 Å². The van der Waals surface area contributed by atoms with E-state index in [1.165, 1.54) is 23.1 Å². The second kappa shape index (κ2) is 5.17. The van der Waals surface area contributed by atoms with E-state index >= 15 is 0 Å². The molecule has 100 valence electrons. The number of nitrogens with zero attached hydrogens (tertiary/aromatic N) is 1. The van der Waals surface area contributed by atoms with Gasteiger partial charge in [-0.1, -0.05) is 11.6 Å². The Morgan fingerprint density at radius 3 is 2.95 bits per heavy atom. The van der Waals surface area contributed by atoms with Crippen LogP contribution in [0.1, 0.15) is 24.8 Å². The first kappa shape index (κ1) is 12.4. The van der Waals surface area contributed by atoms with Gasteiger partial charge in [0.15, 0.2) is 0 Å². The number of aryl methyl sites for hydroxylation is 1. The molecule has 3 heteroatoms. The van der Waals surface area contributed by atoms with Crippen molar-refractivity contribution in [2.75, 3.05) is 12.4 Å². The lowest BCUT2D eigenvalue weighted by molar-refractivity contribution is 0.108. The Morgan fingerprint density at radius 2 is 2.16 bits per heavy atom. The van der Waals surface area contributed by atoms with Gasteiger partial charge in [-0.25, -0.2) is 0 Å². The second-order valence-electron chi connectivity index (χ2n) is 5.39. The van der Waals surface area contributed by atoms with Crippen LogP contribution < -0.4 is 5.32 Å². The third-order valence-corrected chi connectivity index (χ3v) is 3.97. The van der Waals surface area contributed by atoms with Crippen molar-refractivity contribution >= 4 is 16.6 Å². The van der Waals surface area contributed by atoms with E-state index in [4.69, 9.17) is 4.74 Å². The van der Waals surface area contributed by atoms with Crippen LogP contribution in [0, 0.1) is 6.92 Å². The number of fused-ring (bicyclic) bond motifs is 1. The van der Waals surface area contributed by atoms with Crippen molar-refractivity contribution in [3.63, 3.8) is 0 Å². The van der Waals surface area contributed by atoms with E-state index in [0.29, 0.717) is 12.1 Å². The predicted octanol–water partition coefficient (Wildman–Crippen LogP) is 3.52. The molecule has 1 aliphatic rings. The first-order chi connectivity index (χ1) is 9.26. The van der Waals surface area contributed by atoms with E-state index < -0.39 is 0 Å². The first-order valence-corrected chi connectivity index (χ1v) is 6.91. The van der Waals surface area contributed by atoms with Crippen molar-refractivity contribution < 1.29 is 4.74 Å². The Kier molecular flexibility index (Phi) is 3.38. The lowest BCUT2D eigenvalue weighted by Crippen LogP contribution is -2.17. The molecule has 3 nitrogen and oxygen atoms in total. The number of hydrogen-bond acceptors (Lipinski definition) is 3. The second-order valence-corrected chi connectivity index (χ2v) is 5.39. The normalized spacial score (nSPS) is 22.8. The molecule has 1 N–H and O–H groups in total. The van der Waals surface area contributed by atoms with Crippen LogP contribution in [0.3, 0.4) is 0 Å². The van der Waals surface area contributed by atoms with Gasteiger partial charge in [0, 0.05) is 30.4 Å². The highest BCUT2D eigenvalue weighted by Crippen LogP contribution is 2.28. The maximum atomic E-state index is 5.43. The molecule has 3 rings (SSSR count). The van der Waals surface area contributed by atoms with E-state index in [1.54, 1.807) is 7.11 Å². The number of aromatic nitrogens is 1. The fourth-order valence-corrected chi connectivity index (χ4v) is 2.89. The van der Waals surface area contributed by atoms with Crippen LogP contribution >= 0.6 is 0 Å². The average Bonchev–Trinajstić information content (AvgIpc) is 2.87. The lowest BCUT2D eigenvalue weighted by atomic mass is 10.1. The molecule has 0 aliphatic heterocycles. The van der Waals surface area contributed by atoms with Gasteiger partial charge < -0.3 is 10.1 Å². The van der Waals surface area contributed by atoms with Crippen LogP contribution in [0.15, 0.2) is 30.5 Å². The van der Waals surface area contributed by atoms with Crippen LogP contribution in [0.2, 0.25) is 0 Å². The molecular formula is C16H20N2O. The zero-order valence-corrected chi connectivity index (χ0v) is 11.5. The molecule has 1 aromatic heterocycles. The van der Waals surface area contributed by atoms with E-state index in [2.05, 4.69) is 41.5 Å². The van der Waals surface area contributed by atoms with Crippen LogP contribution in [-0.4, -0.2) is 24.2 Å². The molecule has 1 aromatic carbocycles. The summed E-state index contributed by atoms with van der Waals surface area (Å²) in [5.41, 5.74) is 3.51. The van der Waals surface area contributed by atoms with Gasteiger partial charge in [0.25, 0.3) is 0 Å². The quantitative estimate of drug-likeness (QED) is 0.912. The minimum atomic E-state index is 0.410. The highest BCUT2D eigenvalue weighted by atomic mass is 16.5. The molecule has 1 aliphatic carbocycles. The minimum Gasteiger partial charge on any atom is -0.382 e. The molecule has 1 saturated carbocycles. The number of ether oxygens (including phenoxy) is 1. The van der Waals surface area contributed by atoms with E-state index in [-0.39, 0.29) is 0 Å². The van der Waals surface area contributed by atoms with Crippen molar-refractivity contribution in [1.82, 2.24) is 4.98 Å². The Bertz CT molecular complexity index is 582. The van der Waals surface area contributed by atoms with Crippen molar-refractivity contribution in [1.29, 1.82) is 0 Å². The average molecular weight is 256 g/mol. The molecule has 2 unspecified atom stereocenters. The number of methoxy groups -OCH3 is 1. The number of pyridine rings is 1. The van der Waals surface area contributed by atoms with Crippen molar-refractivity contribution in [3.8, 4) is 0 Å². The van der Waals surface area contributed by atoms with Crippen LogP contribution in [0.25, 0.3) is 10.9 Å². The zero-order valence-electron chi connectivity index (χ0n) is 11.5. The summed E-state index contributed by atoms with van der Waals surface area (Å²) in [7, 11) is 1.80. The summed E-state index contributed by atoms with van der Waals surface area (Å²) >= 11 is 0. The van der Waals surface area contributed by atoms with E-state index in [9.17, 15) is 0 Å². The van der Waals surface area contributed by atoms with Gasteiger partial charge in [-0.2, -0.15) is 0 Å². The smallest absolute Gasteiger partial charge is 0.0722 e. The summed E-state index contributed by atoms with van der Waals surface area (Å²) in [5, 5.41) is 4.87. The molecule has 19 heavy (non-hydrogen) atoms. The molecule has 2 aromatic rings. The number of benzene rings is 1. The number of nitrogens with one attached hydrogen (secondary N) is 1. The molecule has 0 bridgehead atoms. The molecule has 0 spiro atoms. The third kappa shape index (κ3) is 2.56. The predicted molar refractivity (Wildman–Crippen MR) is 78.5 cm³/mol. The number of anilines is 1. The monoisotopic (exact) mass is 256 g/mol. The van der Waals surface area contributed by atoms with Crippen molar-refractivity contribution in [2.45, 2.75) is 38.3 Å².